The van der Waals surface area contributed by atoms with Gasteiger partial charge in [0.1, 0.15) is 0 Å². The van der Waals surface area contributed by atoms with Crippen molar-refractivity contribution in [3.63, 3.8) is 0 Å². The van der Waals surface area contributed by atoms with Gasteiger partial charge in [-0.1, -0.05) is 6.07 Å². The Morgan fingerprint density at radius 2 is 1.38 bits per heavy atom. The number of aryl methyl sites for hydroxylation is 2. The summed E-state index contributed by atoms with van der Waals surface area (Å²) in [5.74, 6) is -1.35. The van der Waals surface area contributed by atoms with Crippen LogP contribution in [0.3, 0.4) is 0 Å². The third-order valence-electron chi connectivity index (χ3n) is 3.17. The summed E-state index contributed by atoms with van der Waals surface area (Å²) in [4.78, 5) is 1.95. The molecule has 0 heterocycles. The molecular formula is C16H17F2N3. The summed E-state index contributed by atoms with van der Waals surface area (Å²) in [6.45, 7) is 3.15. The van der Waals surface area contributed by atoms with Gasteiger partial charge in [0.25, 0.3) is 0 Å². The minimum atomic E-state index is -0.674. The zero-order chi connectivity index (χ0) is 15.6. The molecule has 0 aliphatic carbocycles. The smallest absolute Gasteiger partial charge is 0.157 e. The van der Waals surface area contributed by atoms with Gasteiger partial charge in [-0.15, -0.1) is 5.11 Å². The Hall–Kier alpha value is -2.30. The van der Waals surface area contributed by atoms with Gasteiger partial charge >= 0.3 is 0 Å². The molecule has 0 radical (unpaired) electrons. The highest BCUT2D eigenvalue weighted by Crippen LogP contribution is 2.29. The van der Waals surface area contributed by atoms with Crippen LogP contribution >= 0.6 is 0 Å². The van der Waals surface area contributed by atoms with E-state index in [9.17, 15) is 8.78 Å². The highest BCUT2D eigenvalue weighted by Gasteiger charge is 2.14. The second kappa shape index (κ2) is 5.99. The van der Waals surface area contributed by atoms with Gasteiger partial charge in [-0.2, -0.15) is 5.11 Å². The molecule has 0 spiro atoms. The SMILES string of the molecule is Cc1cc(C)c(F)c(N=Nc2ccc(N(C)C)cc2)c1F. The molecule has 0 aliphatic rings. The van der Waals surface area contributed by atoms with E-state index in [1.165, 1.54) is 6.07 Å². The van der Waals surface area contributed by atoms with Gasteiger partial charge in [0.2, 0.25) is 0 Å². The first-order chi connectivity index (χ1) is 9.90. The molecule has 0 saturated carbocycles. The van der Waals surface area contributed by atoms with Gasteiger partial charge < -0.3 is 4.90 Å². The molecule has 0 bridgehead atoms. The Balaban J connectivity index is 2.33. The maximum atomic E-state index is 13.9. The molecule has 0 atom stereocenters. The summed E-state index contributed by atoms with van der Waals surface area (Å²) < 4.78 is 27.8. The number of benzene rings is 2. The second-order valence-corrected chi connectivity index (χ2v) is 5.10. The van der Waals surface area contributed by atoms with E-state index < -0.39 is 11.6 Å². The number of anilines is 1. The zero-order valence-corrected chi connectivity index (χ0v) is 12.5. The van der Waals surface area contributed by atoms with E-state index in [2.05, 4.69) is 10.2 Å². The highest BCUT2D eigenvalue weighted by atomic mass is 19.1. The third kappa shape index (κ3) is 3.24. The van der Waals surface area contributed by atoms with Crippen LogP contribution in [0.2, 0.25) is 0 Å². The molecule has 0 saturated heterocycles. The van der Waals surface area contributed by atoms with Crippen LogP contribution < -0.4 is 4.90 Å². The lowest BCUT2D eigenvalue weighted by Crippen LogP contribution is -2.07. The first-order valence-corrected chi connectivity index (χ1v) is 6.54. The number of halogens is 2. The van der Waals surface area contributed by atoms with E-state index in [1.54, 1.807) is 26.0 Å². The fraction of sp³-hybridized carbons (Fsp3) is 0.250. The van der Waals surface area contributed by atoms with Crippen LogP contribution in [0.15, 0.2) is 40.6 Å². The summed E-state index contributed by atoms with van der Waals surface area (Å²) in [6, 6.07) is 8.68. The highest BCUT2D eigenvalue weighted by molar-refractivity contribution is 5.52. The Bertz CT molecular complexity index is 651. The van der Waals surface area contributed by atoms with E-state index in [1.807, 2.05) is 31.1 Å². The van der Waals surface area contributed by atoms with Gasteiger partial charge in [0.05, 0.1) is 5.69 Å². The maximum absolute atomic E-state index is 13.9. The third-order valence-corrected chi connectivity index (χ3v) is 3.17. The van der Waals surface area contributed by atoms with Crippen LogP contribution in [0.1, 0.15) is 11.1 Å². The van der Waals surface area contributed by atoms with Gasteiger partial charge in [0, 0.05) is 19.8 Å². The van der Waals surface area contributed by atoms with Crippen LogP contribution in [0.5, 0.6) is 0 Å². The molecule has 0 unspecified atom stereocenters. The Morgan fingerprint density at radius 3 is 1.86 bits per heavy atom. The number of rotatable bonds is 3. The van der Waals surface area contributed by atoms with Crippen molar-refractivity contribution in [3.05, 3.63) is 53.1 Å². The van der Waals surface area contributed by atoms with Crippen molar-refractivity contribution >= 4 is 17.1 Å². The topological polar surface area (TPSA) is 28.0 Å². The van der Waals surface area contributed by atoms with Gasteiger partial charge in [-0.05, 0) is 49.2 Å². The fourth-order valence-corrected chi connectivity index (χ4v) is 1.93. The van der Waals surface area contributed by atoms with E-state index in [0.717, 1.165) is 5.69 Å². The predicted octanol–water partition coefficient (Wildman–Crippen LogP) is 5.06. The number of azo groups is 1. The van der Waals surface area contributed by atoms with Crippen molar-refractivity contribution in [2.24, 2.45) is 10.2 Å². The summed E-state index contributed by atoms with van der Waals surface area (Å²) in [5.41, 5.74) is 1.91. The Morgan fingerprint density at radius 1 is 0.857 bits per heavy atom. The molecule has 0 fully saturated rings. The molecular weight excluding hydrogens is 272 g/mol. The van der Waals surface area contributed by atoms with Crippen molar-refractivity contribution in [2.45, 2.75) is 13.8 Å². The van der Waals surface area contributed by atoms with Gasteiger partial charge in [-0.25, -0.2) is 8.78 Å². The summed E-state index contributed by atoms with van der Waals surface area (Å²) >= 11 is 0. The van der Waals surface area contributed by atoms with Crippen LogP contribution in [-0.2, 0) is 0 Å². The largest absolute Gasteiger partial charge is 0.378 e. The standard InChI is InChI=1S/C16H17F2N3/c1-10-9-11(2)15(18)16(14(10)17)20-19-12-5-7-13(8-6-12)21(3)4/h5-9H,1-4H3. The molecule has 2 aromatic rings. The van der Waals surface area contributed by atoms with Gasteiger partial charge in [0.15, 0.2) is 17.3 Å². The number of hydrogen-bond donors (Lipinski definition) is 0. The lowest BCUT2D eigenvalue weighted by atomic mass is 10.1. The Labute approximate surface area is 122 Å². The maximum Gasteiger partial charge on any atom is 0.157 e. The normalized spacial score (nSPS) is 11.1. The van der Waals surface area contributed by atoms with Crippen molar-refractivity contribution < 1.29 is 8.78 Å². The first-order valence-electron chi connectivity index (χ1n) is 6.54. The Kier molecular flexibility index (Phi) is 4.31. The fourth-order valence-electron chi connectivity index (χ4n) is 1.93. The van der Waals surface area contributed by atoms with Crippen molar-refractivity contribution in [1.82, 2.24) is 0 Å². The van der Waals surface area contributed by atoms with E-state index >= 15 is 0 Å². The van der Waals surface area contributed by atoms with Crippen molar-refractivity contribution in [2.75, 3.05) is 19.0 Å². The van der Waals surface area contributed by atoms with E-state index in [-0.39, 0.29) is 5.69 Å². The molecule has 2 aromatic carbocycles. The molecule has 21 heavy (non-hydrogen) atoms. The van der Waals surface area contributed by atoms with Crippen LogP contribution in [0.4, 0.5) is 25.8 Å². The molecule has 2 rings (SSSR count). The molecule has 0 N–H and O–H groups in total. The van der Waals surface area contributed by atoms with E-state index in [0.29, 0.717) is 16.8 Å². The average molecular weight is 289 g/mol. The first kappa shape index (κ1) is 15.1. The quantitative estimate of drug-likeness (QED) is 0.725. The zero-order valence-electron chi connectivity index (χ0n) is 12.5. The summed E-state index contributed by atoms with van der Waals surface area (Å²) in [5, 5.41) is 7.64. The van der Waals surface area contributed by atoms with Crippen molar-refractivity contribution in [3.8, 4) is 0 Å². The minimum absolute atomic E-state index is 0.343. The molecule has 110 valence electrons. The molecule has 3 nitrogen and oxygen atoms in total. The van der Waals surface area contributed by atoms with Crippen LogP contribution in [-0.4, -0.2) is 14.1 Å². The van der Waals surface area contributed by atoms with Crippen molar-refractivity contribution in [1.29, 1.82) is 0 Å². The average Bonchev–Trinajstić information content (AvgIpc) is 2.45. The van der Waals surface area contributed by atoms with Crippen LogP contribution in [0, 0.1) is 25.5 Å². The molecule has 5 heteroatoms. The summed E-state index contributed by atoms with van der Waals surface area (Å²) in [7, 11) is 3.85. The van der Waals surface area contributed by atoms with E-state index in [4.69, 9.17) is 0 Å². The predicted molar refractivity (Wildman–Crippen MR) is 80.8 cm³/mol. The second-order valence-electron chi connectivity index (χ2n) is 5.10. The minimum Gasteiger partial charge on any atom is -0.378 e. The number of hydrogen-bond acceptors (Lipinski definition) is 3. The molecule has 0 aromatic heterocycles. The van der Waals surface area contributed by atoms with Crippen LogP contribution in [0.25, 0.3) is 0 Å². The lowest BCUT2D eigenvalue weighted by Gasteiger charge is -2.11. The molecule has 0 amide bonds. The number of nitrogens with zero attached hydrogens (tertiary/aromatic N) is 3. The van der Waals surface area contributed by atoms with Gasteiger partial charge in [-0.3, -0.25) is 0 Å². The lowest BCUT2D eigenvalue weighted by molar-refractivity contribution is 0.574. The summed E-state index contributed by atoms with van der Waals surface area (Å²) in [6.07, 6.45) is 0. The molecule has 0 aliphatic heterocycles. The monoisotopic (exact) mass is 289 g/mol.